The molecule has 0 spiro atoms. The van der Waals surface area contributed by atoms with Crippen molar-refractivity contribution in [1.29, 1.82) is 5.26 Å². The first-order chi connectivity index (χ1) is 9.10. The van der Waals surface area contributed by atoms with E-state index in [9.17, 15) is 4.79 Å². The molecule has 0 fully saturated rings. The van der Waals surface area contributed by atoms with Crippen LogP contribution in [0.15, 0.2) is 46.9 Å². The third-order valence-electron chi connectivity index (χ3n) is 2.53. The first kappa shape index (κ1) is 13.1. The van der Waals surface area contributed by atoms with Gasteiger partial charge in [0.15, 0.2) is 0 Å². The normalized spacial score (nSPS) is 9.68. The Morgan fingerprint density at radius 3 is 2.47 bits per heavy atom. The summed E-state index contributed by atoms with van der Waals surface area (Å²) >= 11 is 3.27. The number of nitrogen functional groups attached to an aromatic ring is 1. The SMILES string of the molecule is N#Cc1ccc(NC(=O)c2ccc(Br)c(N)c2)cc1. The van der Waals surface area contributed by atoms with E-state index >= 15 is 0 Å². The van der Waals surface area contributed by atoms with E-state index in [1.165, 1.54) is 0 Å². The highest BCUT2D eigenvalue weighted by Crippen LogP contribution is 2.21. The van der Waals surface area contributed by atoms with Crippen LogP contribution in [-0.2, 0) is 0 Å². The van der Waals surface area contributed by atoms with Crippen molar-refractivity contribution in [3.8, 4) is 6.07 Å². The third-order valence-corrected chi connectivity index (χ3v) is 3.25. The number of nitrogens with one attached hydrogen (secondary N) is 1. The molecular formula is C14H10BrN3O. The number of hydrogen-bond acceptors (Lipinski definition) is 3. The molecule has 0 bridgehead atoms. The summed E-state index contributed by atoms with van der Waals surface area (Å²) in [7, 11) is 0. The van der Waals surface area contributed by atoms with Crippen molar-refractivity contribution in [3.05, 3.63) is 58.1 Å². The summed E-state index contributed by atoms with van der Waals surface area (Å²) in [6.45, 7) is 0. The number of anilines is 2. The first-order valence-corrected chi connectivity index (χ1v) is 6.26. The fourth-order valence-electron chi connectivity index (χ4n) is 1.52. The second-order valence-electron chi connectivity index (χ2n) is 3.88. The van der Waals surface area contributed by atoms with Gasteiger partial charge in [0.05, 0.1) is 11.6 Å². The van der Waals surface area contributed by atoms with E-state index in [0.29, 0.717) is 22.5 Å². The highest BCUT2D eigenvalue weighted by molar-refractivity contribution is 9.10. The summed E-state index contributed by atoms with van der Waals surface area (Å²) < 4.78 is 0.752. The topological polar surface area (TPSA) is 78.9 Å². The van der Waals surface area contributed by atoms with Crippen LogP contribution >= 0.6 is 15.9 Å². The van der Waals surface area contributed by atoms with E-state index in [2.05, 4.69) is 21.2 Å². The molecule has 0 aliphatic heterocycles. The lowest BCUT2D eigenvalue weighted by molar-refractivity contribution is 0.102. The Kier molecular flexibility index (Phi) is 3.83. The monoisotopic (exact) mass is 315 g/mol. The van der Waals surface area contributed by atoms with E-state index < -0.39 is 0 Å². The van der Waals surface area contributed by atoms with Crippen molar-refractivity contribution in [2.45, 2.75) is 0 Å². The van der Waals surface area contributed by atoms with Crippen molar-refractivity contribution >= 4 is 33.2 Å². The maximum Gasteiger partial charge on any atom is 0.255 e. The predicted molar refractivity (Wildman–Crippen MR) is 77.7 cm³/mol. The van der Waals surface area contributed by atoms with Gasteiger partial charge < -0.3 is 11.1 Å². The Balaban J connectivity index is 2.16. The van der Waals surface area contributed by atoms with Crippen molar-refractivity contribution < 1.29 is 4.79 Å². The summed E-state index contributed by atoms with van der Waals surface area (Å²) in [5, 5.41) is 11.4. The second-order valence-corrected chi connectivity index (χ2v) is 4.73. The van der Waals surface area contributed by atoms with Gasteiger partial charge in [0.25, 0.3) is 5.91 Å². The van der Waals surface area contributed by atoms with Gasteiger partial charge in [-0.2, -0.15) is 5.26 Å². The van der Waals surface area contributed by atoms with Crippen LogP contribution in [0.2, 0.25) is 0 Å². The molecule has 0 saturated carbocycles. The standard InChI is InChI=1S/C14H10BrN3O/c15-12-6-3-10(7-13(12)17)14(19)18-11-4-1-9(8-16)2-5-11/h1-7H,17H2,(H,18,19). The minimum absolute atomic E-state index is 0.246. The van der Waals surface area contributed by atoms with Crippen LogP contribution in [0.4, 0.5) is 11.4 Å². The number of amides is 1. The van der Waals surface area contributed by atoms with Crippen LogP contribution in [0.3, 0.4) is 0 Å². The summed E-state index contributed by atoms with van der Waals surface area (Å²) in [5.41, 5.74) is 7.89. The molecule has 2 aromatic carbocycles. The summed E-state index contributed by atoms with van der Waals surface area (Å²) in [6, 6.07) is 13.7. The van der Waals surface area contributed by atoms with Gasteiger partial charge in [-0.15, -0.1) is 0 Å². The second kappa shape index (κ2) is 5.55. The number of nitriles is 1. The van der Waals surface area contributed by atoms with Crippen LogP contribution < -0.4 is 11.1 Å². The van der Waals surface area contributed by atoms with Gasteiger partial charge in [-0.1, -0.05) is 0 Å². The average molecular weight is 316 g/mol. The zero-order valence-electron chi connectivity index (χ0n) is 9.85. The molecule has 0 aromatic heterocycles. The van der Waals surface area contributed by atoms with Crippen molar-refractivity contribution in [2.75, 3.05) is 11.1 Å². The zero-order valence-corrected chi connectivity index (χ0v) is 11.4. The highest BCUT2D eigenvalue weighted by atomic mass is 79.9. The lowest BCUT2D eigenvalue weighted by Crippen LogP contribution is -2.12. The van der Waals surface area contributed by atoms with Gasteiger partial charge >= 0.3 is 0 Å². The van der Waals surface area contributed by atoms with Crippen molar-refractivity contribution in [1.82, 2.24) is 0 Å². The van der Waals surface area contributed by atoms with Crippen LogP contribution in [-0.4, -0.2) is 5.91 Å². The van der Waals surface area contributed by atoms with E-state index in [1.54, 1.807) is 42.5 Å². The fraction of sp³-hybridized carbons (Fsp3) is 0. The van der Waals surface area contributed by atoms with Crippen molar-refractivity contribution in [3.63, 3.8) is 0 Å². The van der Waals surface area contributed by atoms with Gasteiger partial charge in [0.1, 0.15) is 0 Å². The van der Waals surface area contributed by atoms with E-state index in [0.717, 1.165) is 4.47 Å². The van der Waals surface area contributed by atoms with Crippen molar-refractivity contribution in [2.24, 2.45) is 0 Å². The number of carbonyl (C=O) groups is 1. The molecule has 2 aromatic rings. The molecule has 5 heteroatoms. The Morgan fingerprint density at radius 1 is 1.21 bits per heavy atom. The molecule has 3 N–H and O–H groups in total. The van der Waals surface area contributed by atoms with E-state index in [4.69, 9.17) is 11.0 Å². The first-order valence-electron chi connectivity index (χ1n) is 5.46. The van der Waals surface area contributed by atoms with Crippen LogP contribution in [0.1, 0.15) is 15.9 Å². The maximum absolute atomic E-state index is 12.0. The average Bonchev–Trinajstić information content (AvgIpc) is 2.42. The molecule has 94 valence electrons. The van der Waals surface area contributed by atoms with Crippen LogP contribution in [0.25, 0.3) is 0 Å². The van der Waals surface area contributed by atoms with Crippen LogP contribution in [0.5, 0.6) is 0 Å². The third kappa shape index (κ3) is 3.12. The largest absolute Gasteiger partial charge is 0.398 e. The Hall–Kier alpha value is -2.32. The van der Waals surface area contributed by atoms with Gasteiger partial charge in [0, 0.05) is 21.4 Å². The fourth-order valence-corrected chi connectivity index (χ4v) is 1.76. The number of carbonyl (C=O) groups excluding carboxylic acids is 1. The molecule has 0 heterocycles. The molecule has 0 atom stereocenters. The van der Waals surface area contributed by atoms with Gasteiger partial charge in [0.2, 0.25) is 0 Å². The van der Waals surface area contributed by atoms with Gasteiger partial charge in [-0.3, -0.25) is 4.79 Å². The number of halogens is 1. The molecule has 0 radical (unpaired) electrons. The minimum atomic E-state index is -0.246. The number of hydrogen-bond donors (Lipinski definition) is 2. The van der Waals surface area contributed by atoms with Gasteiger partial charge in [-0.05, 0) is 58.4 Å². The van der Waals surface area contributed by atoms with Crippen LogP contribution in [0, 0.1) is 11.3 Å². The zero-order chi connectivity index (χ0) is 13.8. The lowest BCUT2D eigenvalue weighted by atomic mass is 10.1. The molecular weight excluding hydrogens is 306 g/mol. The highest BCUT2D eigenvalue weighted by Gasteiger charge is 2.07. The maximum atomic E-state index is 12.0. The van der Waals surface area contributed by atoms with E-state index in [1.807, 2.05) is 6.07 Å². The number of rotatable bonds is 2. The van der Waals surface area contributed by atoms with E-state index in [-0.39, 0.29) is 5.91 Å². The molecule has 4 nitrogen and oxygen atoms in total. The predicted octanol–water partition coefficient (Wildman–Crippen LogP) is 3.16. The molecule has 1 amide bonds. The lowest BCUT2D eigenvalue weighted by Gasteiger charge is -2.06. The molecule has 0 aliphatic carbocycles. The molecule has 0 unspecified atom stereocenters. The Bertz CT molecular complexity index is 659. The Labute approximate surface area is 119 Å². The Morgan fingerprint density at radius 2 is 1.89 bits per heavy atom. The number of benzene rings is 2. The quantitative estimate of drug-likeness (QED) is 0.835. The number of nitrogens with two attached hydrogens (primary N) is 1. The minimum Gasteiger partial charge on any atom is -0.398 e. The summed E-state index contributed by atoms with van der Waals surface area (Å²) in [6.07, 6.45) is 0. The molecule has 0 aliphatic rings. The smallest absolute Gasteiger partial charge is 0.255 e. The molecule has 19 heavy (non-hydrogen) atoms. The summed E-state index contributed by atoms with van der Waals surface area (Å²) in [4.78, 5) is 12.0. The van der Waals surface area contributed by atoms with Gasteiger partial charge in [-0.25, -0.2) is 0 Å². The molecule has 2 rings (SSSR count). The summed E-state index contributed by atoms with van der Waals surface area (Å²) in [5.74, 6) is -0.246. The molecule has 0 saturated heterocycles. The number of nitrogens with zero attached hydrogens (tertiary/aromatic N) is 1.